The van der Waals surface area contributed by atoms with Gasteiger partial charge in [-0.25, -0.2) is 0 Å². The number of hydrogen-bond acceptors (Lipinski definition) is 3. The number of nitrogens with one attached hydrogen (secondary N) is 2. The minimum atomic E-state index is -0.245. The van der Waals surface area contributed by atoms with Crippen LogP contribution in [0.4, 0.5) is 5.69 Å². The standard InChI is InChI=1S/C22H28N2O2S/c1-3-4-5-6-7-16-26-20-14-10-18(11-15-20)21(25)24-22(27)23-19-12-8-17(2)9-13-19/h8-15H,3-7,16H2,1-2H3,(H2,23,24,25,27). The molecule has 0 radical (unpaired) electrons. The van der Waals surface area contributed by atoms with E-state index in [4.69, 9.17) is 17.0 Å². The topological polar surface area (TPSA) is 50.4 Å². The number of hydrogen-bond donors (Lipinski definition) is 2. The summed E-state index contributed by atoms with van der Waals surface area (Å²) in [7, 11) is 0. The highest BCUT2D eigenvalue weighted by molar-refractivity contribution is 7.80. The van der Waals surface area contributed by atoms with Gasteiger partial charge in [-0.3, -0.25) is 10.1 Å². The van der Waals surface area contributed by atoms with Crippen LogP contribution in [0.5, 0.6) is 5.75 Å². The van der Waals surface area contributed by atoms with E-state index in [2.05, 4.69) is 17.6 Å². The van der Waals surface area contributed by atoms with Crippen LogP contribution in [0.2, 0.25) is 0 Å². The lowest BCUT2D eigenvalue weighted by atomic mass is 10.2. The highest BCUT2D eigenvalue weighted by Crippen LogP contribution is 2.14. The first-order valence-electron chi connectivity index (χ1n) is 9.50. The number of ether oxygens (including phenoxy) is 1. The van der Waals surface area contributed by atoms with Gasteiger partial charge in [0.2, 0.25) is 0 Å². The Morgan fingerprint density at radius 3 is 2.30 bits per heavy atom. The molecule has 0 atom stereocenters. The predicted molar refractivity (Wildman–Crippen MR) is 116 cm³/mol. The second kappa shape index (κ2) is 11.3. The number of anilines is 1. The van der Waals surface area contributed by atoms with Crippen molar-refractivity contribution >= 4 is 28.9 Å². The zero-order valence-electron chi connectivity index (χ0n) is 16.1. The molecule has 0 aliphatic carbocycles. The van der Waals surface area contributed by atoms with Gasteiger partial charge in [-0.2, -0.15) is 0 Å². The highest BCUT2D eigenvalue weighted by atomic mass is 32.1. The van der Waals surface area contributed by atoms with Gasteiger partial charge in [0, 0.05) is 11.3 Å². The van der Waals surface area contributed by atoms with Gasteiger partial charge in [-0.1, -0.05) is 50.3 Å². The summed E-state index contributed by atoms with van der Waals surface area (Å²) in [6, 6.07) is 14.9. The summed E-state index contributed by atoms with van der Waals surface area (Å²) in [4.78, 5) is 12.3. The van der Waals surface area contributed by atoms with Gasteiger partial charge in [-0.15, -0.1) is 0 Å². The fourth-order valence-electron chi connectivity index (χ4n) is 2.57. The molecule has 0 heterocycles. The first-order valence-corrected chi connectivity index (χ1v) is 9.91. The molecule has 27 heavy (non-hydrogen) atoms. The third-order valence-corrected chi connectivity index (χ3v) is 4.37. The molecule has 0 saturated heterocycles. The van der Waals surface area contributed by atoms with Crippen molar-refractivity contribution < 1.29 is 9.53 Å². The number of benzene rings is 2. The van der Waals surface area contributed by atoms with E-state index in [-0.39, 0.29) is 11.0 Å². The maximum absolute atomic E-state index is 12.3. The molecule has 0 aliphatic rings. The Kier molecular flexibility index (Phi) is 8.78. The van der Waals surface area contributed by atoms with Crippen LogP contribution in [-0.4, -0.2) is 17.6 Å². The lowest BCUT2D eigenvalue weighted by molar-refractivity contribution is 0.0977. The van der Waals surface area contributed by atoms with Gasteiger partial charge in [0.15, 0.2) is 5.11 Å². The van der Waals surface area contributed by atoms with Crippen molar-refractivity contribution in [3.8, 4) is 5.75 Å². The molecule has 5 heteroatoms. The van der Waals surface area contributed by atoms with E-state index in [0.29, 0.717) is 12.2 Å². The minimum Gasteiger partial charge on any atom is -0.494 e. The first-order chi connectivity index (χ1) is 13.1. The van der Waals surface area contributed by atoms with Crippen LogP contribution in [0.3, 0.4) is 0 Å². The van der Waals surface area contributed by atoms with Gasteiger partial charge in [0.05, 0.1) is 6.61 Å². The van der Waals surface area contributed by atoms with Crippen LogP contribution in [0.15, 0.2) is 48.5 Å². The Morgan fingerprint density at radius 1 is 0.963 bits per heavy atom. The van der Waals surface area contributed by atoms with E-state index in [0.717, 1.165) is 17.9 Å². The summed E-state index contributed by atoms with van der Waals surface area (Å²) < 4.78 is 5.72. The number of carbonyl (C=O) groups is 1. The second-order valence-electron chi connectivity index (χ2n) is 6.56. The van der Waals surface area contributed by atoms with E-state index in [1.807, 2.05) is 43.3 Å². The molecule has 0 spiro atoms. The Bertz CT molecular complexity index is 727. The highest BCUT2D eigenvalue weighted by Gasteiger charge is 2.08. The zero-order chi connectivity index (χ0) is 19.5. The maximum Gasteiger partial charge on any atom is 0.257 e. The van der Waals surface area contributed by atoms with Crippen molar-refractivity contribution in [1.82, 2.24) is 5.32 Å². The third kappa shape index (κ3) is 7.79. The molecule has 2 aromatic rings. The molecular weight excluding hydrogens is 356 g/mol. The summed E-state index contributed by atoms with van der Waals surface area (Å²) in [6.45, 7) is 4.93. The van der Waals surface area contributed by atoms with Gasteiger partial charge in [0.25, 0.3) is 5.91 Å². The minimum absolute atomic E-state index is 0.245. The summed E-state index contributed by atoms with van der Waals surface area (Å²) >= 11 is 5.20. The Labute approximate surface area is 167 Å². The number of rotatable bonds is 9. The van der Waals surface area contributed by atoms with Crippen LogP contribution in [0.25, 0.3) is 0 Å². The van der Waals surface area contributed by atoms with E-state index in [1.54, 1.807) is 12.1 Å². The number of aryl methyl sites for hydroxylation is 1. The molecule has 2 aromatic carbocycles. The summed E-state index contributed by atoms with van der Waals surface area (Å²) in [5.41, 5.74) is 2.55. The van der Waals surface area contributed by atoms with Crippen LogP contribution < -0.4 is 15.4 Å². The fraction of sp³-hybridized carbons (Fsp3) is 0.364. The number of carbonyl (C=O) groups excluding carboxylic acids is 1. The molecule has 0 aromatic heterocycles. The summed E-state index contributed by atoms with van der Waals surface area (Å²) in [5.74, 6) is 0.535. The van der Waals surface area contributed by atoms with Crippen LogP contribution in [-0.2, 0) is 0 Å². The van der Waals surface area contributed by atoms with Crippen LogP contribution >= 0.6 is 12.2 Å². The lowest BCUT2D eigenvalue weighted by Gasteiger charge is -2.10. The Morgan fingerprint density at radius 2 is 1.63 bits per heavy atom. The average molecular weight is 385 g/mol. The molecule has 0 saturated carbocycles. The lowest BCUT2D eigenvalue weighted by Crippen LogP contribution is -2.34. The van der Waals surface area contributed by atoms with Crippen molar-refractivity contribution in [2.24, 2.45) is 0 Å². The number of amides is 1. The molecule has 4 nitrogen and oxygen atoms in total. The molecule has 1 amide bonds. The summed E-state index contributed by atoms with van der Waals surface area (Å²) in [6.07, 6.45) is 6.04. The quantitative estimate of drug-likeness (QED) is 0.444. The van der Waals surface area contributed by atoms with Gasteiger partial charge in [0.1, 0.15) is 5.75 Å². The Balaban J connectivity index is 1.75. The number of thiocarbonyl (C=S) groups is 1. The van der Waals surface area contributed by atoms with Crippen molar-refractivity contribution in [3.63, 3.8) is 0 Å². The molecule has 2 rings (SSSR count). The first kappa shape index (κ1) is 20.9. The second-order valence-corrected chi connectivity index (χ2v) is 6.97. The molecule has 0 unspecified atom stereocenters. The molecule has 0 fully saturated rings. The smallest absolute Gasteiger partial charge is 0.257 e. The molecule has 2 N–H and O–H groups in total. The van der Waals surface area contributed by atoms with Crippen molar-refractivity contribution in [2.75, 3.05) is 11.9 Å². The molecule has 0 bridgehead atoms. The van der Waals surface area contributed by atoms with E-state index in [1.165, 1.54) is 31.2 Å². The molecule has 0 aliphatic heterocycles. The van der Waals surface area contributed by atoms with Gasteiger partial charge >= 0.3 is 0 Å². The van der Waals surface area contributed by atoms with Gasteiger partial charge < -0.3 is 10.1 Å². The van der Waals surface area contributed by atoms with Crippen LogP contribution in [0, 0.1) is 6.92 Å². The van der Waals surface area contributed by atoms with Crippen molar-refractivity contribution in [3.05, 3.63) is 59.7 Å². The monoisotopic (exact) mass is 384 g/mol. The van der Waals surface area contributed by atoms with Gasteiger partial charge in [-0.05, 0) is 62.0 Å². The average Bonchev–Trinajstić information content (AvgIpc) is 2.67. The summed E-state index contributed by atoms with van der Waals surface area (Å²) in [5, 5.41) is 5.97. The van der Waals surface area contributed by atoms with Crippen molar-refractivity contribution in [2.45, 2.75) is 46.0 Å². The van der Waals surface area contributed by atoms with E-state index in [9.17, 15) is 4.79 Å². The van der Waals surface area contributed by atoms with E-state index < -0.39 is 0 Å². The fourth-order valence-corrected chi connectivity index (χ4v) is 2.78. The largest absolute Gasteiger partial charge is 0.494 e. The van der Waals surface area contributed by atoms with Crippen molar-refractivity contribution in [1.29, 1.82) is 0 Å². The van der Waals surface area contributed by atoms with Crippen LogP contribution in [0.1, 0.15) is 54.9 Å². The SMILES string of the molecule is CCCCCCCOc1ccc(C(=O)NC(=S)Nc2ccc(C)cc2)cc1. The molecule has 144 valence electrons. The third-order valence-electron chi connectivity index (χ3n) is 4.17. The normalized spacial score (nSPS) is 10.3. The predicted octanol–water partition coefficient (Wildman–Crippen LogP) is 5.47. The van der Waals surface area contributed by atoms with E-state index >= 15 is 0 Å². The Hall–Kier alpha value is -2.40. The zero-order valence-corrected chi connectivity index (χ0v) is 16.9. The number of unbranched alkanes of at least 4 members (excludes halogenated alkanes) is 4. The maximum atomic E-state index is 12.3. The molecular formula is C22H28N2O2S.